The Morgan fingerprint density at radius 3 is 2.67 bits per heavy atom. The van der Waals surface area contributed by atoms with Gasteiger partial charge < -0.3 is 4.74 Å². The van der Waals surface area contributed by atoms with Crippen molar-refractivity contribution in [2.75, 3.05) is 6.61 Å². The van der Waals surface area contributed by atoms with Gasteiger partial charge in [-0.15, -0.1) is 0 Å². The first-order chi connectivity index (χ1) is 8.27. The highest BCUT2D eigenvalue weighted by Crippen LogP contribution is 2.40. The molecule has 0 aliphatic heterocycles. The molecule has 0 fully saturated rings. The van der Waals surface area contributed by atoms with Gasteiger partial charge in [-0.25, -0.2) is 4.79 Å². The highest BCUT2D eigenvalue weighted by Gasteiger charge is 2.35. The van der Waals surface area contributed by atoms with Crippen molar-refractivity contribution in [1.29, 1.82) is 0 Å². The summed E-state index contributed by atoms with van der Waals surface area (Å²) in [5.74, 6) is -0.00598. The number of hydrogen-bond donors (Lipinski definition) is 0. The van der Waals surface area contributed by atoms with E-state index in [0.717, 1.165) is 5.57 Å². The third kappa shape index (κ3) is 3.31. The molecule has 0 amide bonds. The predicted octanol–water partition coefficient (Wildman–Crippen LogP) is 3.06. The first kappa shape index (κ1) is 14.7. The van der Waals surface area contributed by atoms with Gasteiger partial charge in [-0.2, -0.15) is 0 Å². The van der Waals surface area contributed by atoms with Crippen LogP contribution in [0.1, 0.15) is 41.0 Å². The van der Waals surface area contributed by atoms with Gasteiger partial charge in [0.05, 0.1) is 6.61 Å². The molecule has 0 aromatic carbocycles. The van der Waals surface area contributed by atoms with Crippen molar-refractivity contribution < 1.29 is 14.3 Å². The summed E-state index contributed by atoms with van der Waals surface area (Å²) in [7, 11) is 0. The molecule has 3 heteroatoms. The van der Waals surface area contributed by atoms with Gasteiger partial charge in [0.25, 0.3) is 0 Å². The molecule has 0 aromatic heterocycles. The predicted molar refractivity (Wildman–Crippen MR) is 71.0 cm³/mol. The van der Waals surface area contributed by atoms with Crippen molar-refractivity contribution in [3.63, 3.8) is 0 Å². The van der Waals surface area contributed by atoms with Crippen molar-refractivity contribution in [3.8, 4) is 0 Å². The molecule has 0 bridgehead atoms. The van der Waals surface area contributed by atoms with Crippen LogP contribution in [0.5, 0.6) is 0 Å². The van der Waals surface area contributed by atoms with Crippen molar-refractivity contribution >= 4 is 11.8 Å². The second-order valence-corrected chi connectivity index (χ2v) is 5.57. The van der Waals surface area contributed by atoms with Crippen LogP contribution in [0.15, 0.2) is 23.3 Å². The van der Waals surface area contributed by atoms with E-state index in [9.17, 15) is 9.59 Å². The Bertz CT molecular complexity index is 413. The number of ether oxygens (including phenoxy) is 1. The molecule has 100 valence electrons. The standard InChI is InChI=1S/C15H22O3/c1-6-18-14(17)11(3)8-13-10(2)7-12(16)9-15(13,4)5/h7-8,13H,6,9H2,1-5H3/b11-8+/t13-/m0/s1. The van der Waals surface area contributed by atoms with Crippen LogP contribution in [0.25, 0.3) is 0 Å². The normalized spacial score (nSPS) is 23.6. The largest absolute Gasteiger partial charge is 0.463 e. The summed E-state index contributed by atoms with van der Waals surface area (Å²) < 4.78 is 4.98. The molecule has 0 unspecified atom stereocenters. The minimum atomic E-state index is -0.280. The fourth-order valence-electron chi connectivity index (χ4n) is 2.49. The van der Waals surface area contributed by atoms with E-state index >= 15 is 0 Å². The number of carbonyl (C=O) groups is 2. The maximum atomic E-state index is 11.6. The lowest BCUT2D eigenvalue weighted by Gasteiger charge is -2.36. The van der Waals surface area contributed by atoms with Crippen LogP contribution in [0.3, 0.4) is 0 Å². The first-order valence-corrected chi connectivity index (χ1v) is 6.34. The van der Waals surface area contributed by atoms with Gasteiger partial charge in [0.1, 0.15) is 0 Å². The molecule has 0 spiro atoms. The van der Waals surface area contributed by atoms with Gasteiger partial charge in [0, 0.05) is 17.9 Å². The van der Waals surface area contributed by atoms with Gasteiger partial charge in [0.15, 0.2) is 5.78 Å². The zero-order valence-electron chi connectivity index (χ0n) is 11.9. The minimum absolute atomic E-state index is 0.111. The molecule has 1 aliphatic carbocycles. The molecule has 0 aromatic rings. The highest BCUT2D eigenvalue weighted by atomic mass is 16.5. The summed E-state index contributed by atoms with van der Waals surface area (Å²) in [6.07, 6.45) is 4.13. The van der Waals surface area contributed by atoms with Crippen LogP contribution in [0.4, 0.5) is 0 Å². The molecule has 0 radical (unpaired) electrons. The zero-order chi connectivity index (χ0) is 13.9. The Kier molecular flexibility index (Phi) is 4.49. The van der Waals surface area contributed by atoms with Crippen LogP contribution in [0, 0.1) is 11.3 Å². The lowest BCUT2D eigenvalue weighted by atomic mass is 9.68. The molecule has 0 N–H and O–H groups in total. The van der Waals surface area contributed by atoms with Crippen molar-refractivity contribution in [1.82, 2.24) is 0 Å². The van der Waals surface area contributed by atoms with E-state index in [0.29, 0.717) is 18.6 Å². The summed E-state index contributed by atoms with van der Waals surface area (Å²) in [5, 5.41) is 0. The van der Waals surface area contributed by atoms with Crippen LogP contribution in [-0.4, -0.2) is 18.4 Å². The highest BCUT2D eigenvalue weighted by molar-refractivity contribution is 5.92. The number of hydrogen-bond acceptors (Lipinski definition) is 3. The third-order valence-corrected chi connectivity index (χ3v) is 3.37. The molecule has 3 nitrogen and oxygen atoms in total. The van der Waals surface area contributed by atoms with E-state index in [-0.39, 0.29) is 23.1 Å². The number of allylic oxidation sites excluding steroid dienone is 3. The Morgan fingerprint density at radius 2 is 2.17 bits per heavy atom. The smallest absolute Gasteiger partial charge is 0.333 e. The monoisotopic (exact) mass is 250 g/mol. The Hall–Kier alpha value is -1.38. The topological polar surface area (TPSA) is 43.4 Å². The molecule has 0 heterocycles. The van der Waals surface area contributed by atoms with Crippen molar-refractivity contribution in [3.05, 3.63) is 23.3 Å². The average Bonchev–Trinajstić information content (AvgIpc) is 2.22. The quantitative estimate of drug-likeness (QED) is 0.571. The molecule has 1 atom stereocenters. The lowest BCUT2D eigenvalue weighted by Crippen LogP contribution is -2.31. The van der Waals surface area contributed by atoms with Gasteiger partial charge in [-0.1, -0.05) is 25.5 Å². The summed E-state index contributed by atoms with van der Waals surface area (Å²) >= 11 is 0. The Labute approximate surface area is 109 Å². The Morgan fingerprint density at radius 1 is 1.56 bits per heavy atom. The third-order valence-electron chi connectivity index (χ3n) is 3.37. The first-order valence-electron chi connectivity index (χ1n) is 6.34. The second-order valence-electron chi connectivity index (χ2n) is 5.57. The molecule has 0 saturated heterocycles. The lowest BCUT2D eigenvalue weighted by molar-refractivity contribution is -0.138. The van der Waals surface area contributed by atoms with Gasteiger partial charge in [0.2, 0.25) is 0 Å². The molecular formula is C15H22O3. The summed E-state index contributed by atoms with van der Waals surface area (Å²) in [6, 6.07) is 0. The van der Waals surface area contributed by atoms with Gasteiger partial charge in [-0.3, -0.25) is 4.79 Å². The Balaban J connectivity index is 3.00. The maximum absolute atomic E-state index is 11.6. The molecule has 0 saturated carbocycles. The second kappa shape index (κ2) is 5.51. The molecular weight excluding hydrogens is 228 g/mol. The van der Waals surface area contributed by atoms with E-state index in [1.807, 2.05) is 13.0 Å². The van der Waals surface area contributed by atoms with E-state index in [4.69, 9.17) is 4.74 Å². The van der Waals surface area contributed by atoms with Gasteiger partial charge in [-0.05, 0) is 32.3 Å². The van der Waals surface area contributed by atoms with Gasteiger partial charge >= 0.3 is 5.97 Å². The van der Waals surface area contributed by atoms with Crippen LogP contribution < -0.4 is 0 Å². The summed E-state index contributed by atoms with van der Waals surface area (Å²) in [5.41, 5.74) is 1.47. The minimum Gasteiger partial charge on any atom is -0.463 e. The fourth-order valence-corrected chi connectivity index (χ4v) is 2.49. The van der Waals surface area contributed by atoms with Crippen molar-refractivity contribution in [2.24, 2.45) is 11.3 Å². The summed E-state index contributed by atoms with van der Waals surface area (Å²) in [6.45, 7) is 9.99. The molecule has 18 heavy (non-hydrogen) atoms. The van der Waals surface area contributed by atoms with Crippen LogP contribution in [-0.2, 0) is 14.3 Å². The average molecular weight is 250 g/mol. The summed E-state index contributed by atoms with van der Waals surface area (Å²) in [4.78, 5) is 23.2. The number of ketones is 1. The van der Waals surface area contributed by atoms with Crippen LogP contribution in [0.2, 0.25) is 0 Å². The molecule has 1 aliphatic rings. The van der Waals surface area contributed by atoms with E-state index < -0.39 is 0 Å². The number of esters is 1. The fraction of sp³-hybridized carbons (Fsp3) is 0.600. The van der Waals surface area contributed by atoms with E-state index in [1.165, 1.54) is 0 Å². The zero-order valence-corrected chi connectivity index (χ0v) is 11.9. The number of carbonyl (C=O) groups excluding carboxylic acids is 2. The maximum Gasteiger partial charge on any atom is 0.333 e. The molecule has 1 rings (SSSR count). The van der Waals surface area contributed by atoms with Crippen LogP contribution >= 0.6 is 0 Å². The van der Waals surface area contributed by atoms with Crippen molar-refractivity contribution in [2.45, 2.75) is 41.0 Å². The SMILES string of the molecule is CCOC(=O)/C(C)=C/[C@H]1C(C)=CC(=O)CC1(C)C. The number of rotatable bonds is 3. The van der Waals surface area contributed by atoms with E-state index in [2.05, 4.69) is 13.8 Å². The van der Waals surface area contributed by atoms with E-state index in [1.54, 1.807) is 19.9 Å².